The Morgan fingerprint density at radius 1 is 1.12 bits per heavy atom. The van der Waals surface area contributed by atoms with Crippen LogP contribution in [-0.4, -0.2) is 50.0 Å². The van der Waals surface area contributed by atoms with Gasteiger partial charge in [0, 0.05) is 17.1 Å². The van der Waals surface area contributed by atoms with Gasteiger partial charge >= 0.3 is 0 Å². The van der Waals surface area contributed by atoms with Gasteiger partial charge in [-0.2, -0.15) is 0 Å². The highest BCUT2D eigenvalue weighted by atomic mass is 79.9. The molecule has 2 amide bonds. The average Bonchev–Trinajstić information content (AvgIpc) is 2.75. The maximum absolute atomic E-state index is 14.4. The summed E-state index contributed by atoms with van der Waals surface area (Å²) in [6.45, 7) is 4.80. The number of para-hydroxylation sites is 1. The predicted octanol–water partition coefficient (Wildman–Crippen LogP) is 3.69. The minimum Gasteiger partial charge on any atom is -0.352 e. The summed E-state index contributed by atoms with van der Waals surface area (Å²) in [6, 6.07) is 11.6. The van der Waals surface area contributed by atoms with Crippen molar-refractivity contribution < 1.29 is 22.4 Å². The highest BCUT2D eigenvalue weighted by molar-refractivity contribution is 9.10. The van der Waals surface area contributed by atoms with Gasteiger partial charge in [0.1, 0.15) is 18.4 Å². The van der Waals surface area contributed by atoms with Crippen LogP contribution in [0.4, 0.5) is 10.1 Å². The molecule has 1 N–H and O–H groups in total. The van der Waals surface area contributed by atoms with E-state index in [1.165, 1.54) is 23.1 Å². The van der Waals surface area contributed by atoms with Crippen molar-refractivity contribution in [3.8, 4) is 0 Å². The van der Waals surface area contributed by atoms with Crippen LogP contribution < -0.4 is 9.62 Å². The normalized spacial score (nSPS) is 13.2. The summed E-state index contributed by atoms with van der Waals surface area (Å²) >= 11 is 3.39. The molecule has 10 heteroatoms. The van der Waals surface area contributed by atoms with E-state index in [4.69, 9.17) is 0 Å². The topological polar surface area (TPSA) is 86.8 Å². The molecular weight excluding hydrogens is 513 g/mol. The average molecular weight is 542 g/mol. The zero-order valence-corrected chi connectivity index (χ0v) is 21.5. The summed E-state index contributed by atoms with van der Waals surface area (Å²) in [5.41, 5.74) is 0.519. The number of hydrogen-bond acceptors (Lipinski definition) is 4. The molecule has 0 radical (unpaired) electrons. The summed E-state index contributed by atoms with van der Waals surface area (Å²) in [5, 5.41) is 2.85. The molecule has 0 heterocycles. The van der Waals surface area contributed by atoms with Gasteiger partial charge < -0.3 is 10.2 Å². The SMILES string of the molecule is CC[C@H](C)NC(=O)[C@@H](C)N(Cc1cccc(Br)c1)C(=O)CN(c1ccccc1F)S(C)(=O)=O. The van der Waals surface area contributed by atoms with Gasteiger partial charge in [0.15, 0.2) is 0 Å². The molecule has 180 valence electrons. The van der Waals surface area contributed by atoms with Crippen molar-refractivity contribution in [2.24, 2.45) is 0 Å². The molecule has 0 bridgehead atoms. The van der Waals surface area contributed by atoms with Crippen molar-refractivity contribution >= 4 is 43.5 Å². The third-order valence-electron chi connectivity index (χ3n) is 5.21. The van der Waals surface area contributed by atoms with E-state index in [0.29, 0.717) is 6.42 Å². The van der Waals surface area contributed by atoms with E-state index < -0.39 is 34.3 Å². The maximum Gasteiger partial charge on any atom is 0.244 e. The summed E-state index contributed by atoms with van der Waals surface area (Å²) < 4.78 is 40.8. The lowest BCUT2D eigenvalue weighted by atomic mass is 10.1. The van der Waals surface area contributed by atoms with Gasteiger partial charge in [-0.25, -0.2) is 12.8 Å². The van der Waals surface area contributed by atoms with Crippen LogP contribution in [0.3, 0.4) is 0 Å². The molecule has 0 fully saturated rings. The lowest BCUT2D eigenvalue weighted by molar-refractivity contribution is -0.139. The Labute approximate surface area is 203 Å². The van der Waals surface area contributed by atoms with Gasteiger partial charge in [-0.3, -0.25) is 13.9 Å². The fourth-order valence-electron chi connectivity index (χ4n) is 3.13. The van der Waals surface area contributed by atoms with Crippen molar-refractivity contribution in [1.29, 1.82) is 0 Å². The van der Waals surface area contributed by atoms with Gasteiger partial charge in [-0.1, -0.05) is 47.1 Å². The number of carbonyl (C=O) groups excluding carboxylic acids is 2. The first kappa shape index (κ1) is 26.8. The lowest BCUT2D eigenvalue weighted by Crippen LogP contribution is -2.52. The quantitative estimate of drug-likeness (QED) is 0.497. The van der Waals surface area contributed by atoms with E-state index in [-0.39, 0.29) is 24.2 Å². The minimum atomic E-state index is -3.98. The van der Waals surface area contributed by atoms with Crippen LogP contribution in [0.1, 0.15) is 32.8 Å². The monoisotopic (exact) mass is 541 g/mol. The third-order valence-corrected chi connectivity index (χ3v) is 6.83. The summed E-state index contributed by atoms with van der Waals surface area (Å²) in [5.74, 6) is -1.75. The van der Waals surface area contributed by atoms with E-state index in [1.807, 2.05) is 26.0 Å². The molecule has 2 rings (SSSR count). The van der Waals surface area contributed by atoms with E-state index in [0.717, 1.165) is 26.7 Å². The second-order valence-corrected chi connectivity index (χ2v) is 10.7. The van der Waals surface area contributed by atoms with Crippen LogP contribution in [0.5, 0.6) is 0 Å². The predicted molar refractivity (Wildman–Crippen MR) is 131 cm³/mol. The number of amides is 2. The second kappa shape index (κ2) is 11.6. The number of nitrogens with one attached hydrogen (secondary N) is 1. The fraction of sp³-hybridized carbons (Fsp3) is 0.391. The number of anilines is 1. The van der Waals surface area contributed by atoms with Gasteiger partial charge in [0.25, 0.3) is 0 Å². The largest absolute Gasteiger partial charge is 0.352 e. The molecule has 2 aromatic rings. The second-order valence-electron chi connectivity index (χ2n) is 7.87. The zero-order valence-electron chi connectivity index (χ0n) is 19.1. The third kappa shape index (κ3) is 7.53. The van der Waals surface area contributed by atoms with Crippen molar-refractivity contribution in [2.45, 2.75) is 45.8 Å². The molecule has 0 aliphatic carbocycles. The van der Waals surface area contributed by atoms with Crippen LogP contribution in [0.2, 0.25) is 0 Å². The molecule has 2 atom stereocenters. The van der Waals surface area contributed by atoms with Crippen LogP contribution in [0, 0.1) is 5.82 Å². The van der Waals surface area contributed by atoms with Gasteiger partial charge in [-0.15, -0.1) is 0 Å². The van der Waals surface area contributed by atoms with E-state index in [2.05, 4.69) is 21.2 Å². The number of nitrogens with zero attached hydrogens (tertiary/aromatic N) is 2. The van der Waals surface area contributed by atoms with Crippen LogP contribution in [-0.2, 0) is 26.2 Å². The van der Waals surface area contributed by atoms with Crippen LogP contribution in [0.25, 0.3) is 0 Å². The fourth-order valence-corrected chi connectivity index (χ4v) is 4.43. The van der Waals surface area contributed by atoms with Crippen molar-refractivity contribution in [2.75, 3.05) is 17.1 Å². The van der Waals surface area contributed by atoms with Crippen LogP contribution >= 0.6 is 15.9 Å². The molecule has 7 nitrogen and oxygen atoms in total. The first-order chi connectivity index (χ1) is 15.4. The Morgan fingerprint density at radius 3 is 2.36 bits per heavy atom. The Bertz CT molecular complexity index is 1100. The Kier molecular flexibility index (Phi) is 9.42. The highest BCUT2D eigenvalue weighted by Gasteiger charge is 2.31. The number of carbonyl (C=O) groups is 2. The molecule has 0 unspecified atom stereocenters. The number of sulfonamides is 1. The Balaban J connectivity index is 2.40. The zero-order chi connectivity index (χ0) is 24.8. The standard InChI is InChI=1S/C23H29BrFN3O4S/c1-5-16(2)26-23(30)17(3)27(14-18-9-8-10-19(24)13-18)22(29)15-28(33(4,31)32)21-12-7-6-11-20(21)25/h6-13,16-17H,5,14-15H2,1-4H3,(H,26,30)/t16-,17+/m0/s1. The summed E-state index contributed by atoms with van der Waals surface area (Å²) in [6.07, 6.45) is 1.62. The molecule has 33 heavy (non-hydrogen) atoms. The minimum absolute atomic E-state index is 0.0717. The summed E-state index contributed by atoms with van der Waals surface area (Å²) in [4.78, 5) is 27.5. The van der Waals surface area contributed by atoms with Crippen molar-refractivity contribution in [3.63, 3.8) is 0 Å². The van der Waals surface area contributed by atoms with E-state index >= 15 is 0 Å². The molecule has 0 aliphatic rings. The Hall–Kier alpha value is -2.46. The van der Waals surface area contributed by atoms with Gasteiger partial charge in [-0.05, 0) is 50.1 Å². The molecule has 0 saturated carbocycles. The Morgan fingerprint density at radius 2 is 1.79 bits per heavy atom. The van der Waals surface area contributed by atoms with Crippen LogP contribution in [0.15, 0.2) is 53.0 Å². The molecule has 0 saturated heterocycles. The van der Waals surface area contributed by atoms with E-state index in [9.17, 15) is 22.4 Å². The first-order valence-corrected chi connectivity index (χ1v) is 13.1. The highest BCUT2D eigenvalue weighted by Crippen LogP contribution is 2.22. The number of halogens is 2. The number of hydrogen-bond donors (Lipinski definition) is 1. The molecule has 0 aliphatic heterocycles. The smallest absolute Gasteiger partial charge is 0.244 e. The number of rotatable bonds is 10. The van der Waals surface area contributed by atoms with E-state index in [1.54, 1.807) is 19.1 Å². The van der Waals surface area contributed by atoms with Crippen molar-refractivity contribution in [1.82, 2.24) is 10.2 Å². The maximum atomic E-state index is 14.4. The first-order valence-electron chi connectivity index (χ1n) is 10.5. The lowest BCUT2D eigenvalue weighted by Gasteiger charge is -2.32. The van der Waals surface area contributed by atoms with Gasteiger partial charge in [0.2, 0.25) is 21.8 Å². The molecule has 2 aromatic carbocycles. The van der Waals surface area contributed by atoms with Gasteiger partial charge in [0.05, 0.1) is 11.9 Å². The summed E-state index contributed by atoms with van der Waals surface area (Å²) in [7, 11) is -3.98. The van der Waals surface area contributed by atoms with Crippen molar-refractivity contribution in [3.05, 3.63) is 64.4 Å². The molecular formula is C23H29BrFN3O4S. The molecule has 0 spiro atoms. The molecule has 0 aromatic heterocycles. The number of benzene rings is 2.